The van der Waals surface area contributed by atoms with E-state index in [4.69, 9.17) is 0 Å². The molecule has 1 N–H and O–H groups in total. The monoisotopic (exact) mass is 269 g/mol. The second-order valence-electron chi connectivity index (χ2n) is 5.42. The average molecular weight is 269 g/mol. The standard InChI is InChI=1S/C14H23NO2S/c1-9(2)12-7-8-13(15-18(6,16)17)14(10(3)4)11(12)5/h7-10,15H,1-6H3. The van der Waals surface area contributed by atoms with E-state index in [1.165, 1.54) is 17.4 Å². The molecular formula is C14H23NO2S. The maximum absolute atomic E-state index is 11.4. The predicted octanol–water partition coefficient (Wildman–Crippen LogP) is 3.61. The van der Waals surface area contributed by atoms with Crippen molar-refractivity contribution in [3.05, 3.63) is 28.8 Å². The van der Waals surface area contributed by atoms with E-state index in [2.05, 4.69) is 39.3 Å². The highest BCUT2D eigenvalue weighted by atomic mass is 32.2. The summed E-state index contributed by atoms with van der Waals surface area (Å²) in [6.45, 7) is 10.5. The van der Waals surface area contributed by atoms with E-state index in [1.54, 1.807) is 0 Å². The molecule has 0 saturated heterocycles. The van der Waals surface area contributed by atoms with Gasteiger partial charge in [-0.05, 0) is 41.5 Å². The molecule has 0 aliphatic heterocycles. The van der Waals surface area contributed by atoms with E-state index in [-0.39, 0.29) is 5.92 Å². The minimum absolute atomic E-state index is 0.285. The summed E-state index contributed by atoms with van der Waals surface area (Å²) < 4.78 is 25.4. The van der Waals surface area contributed by atoms with Crippen LogP contribution in [0.15, 0.2) is 12.1 Å². The van der Waals surface area contributed by atoms with Crippen LogP contribution in [0.3, 0.4) is 0 Å². The van der Waals surface area contributed by atoms with Crippen molar-refractivity contribution in [1.29, 1.82) is 0 Å². The molecule has 0 radical (unpaired) electrons. The normalized spacial score (nSPS) is 12.2. The number of nitrogens with one attached hydrogen (secondary N) is 1. The molecule has 0 fully saturated rings. The van der Waals surface area contributed by atoms with Crippen LogP contribution in [0, 0.1) is 6.92 Å². The smallest absolute Gasteiger partial charge is 0.229 e. The van der Waals surface area contributed by atoms with Gasteiger partial charge in [0.05, 0.1) is 11.9 Å². The summed E-state index contributed by atoms with van der Waals surface area (Å²) in [7, 11) is -3.23. The zero-order chi connectivity index (χ0) is 14.1. The number of rotatable bonds is 4. The van der Waals surface area contributed by atoms with Gasteiger partial charge in [-0.15, -0.1) is 0 Å². The summed E-state index contributed by atoms with van der Waals surface area (Å²) >= 11 is 0. The summed E-state index contributed by atoms with van der Waals surface area (Å²) in [6.07, 6.45) is 1.18. The molecule has 102 valence electrons. The Bertz CT molecular complexity index is 531. The molecule has 1 rings (SSSR count). The Labute approximate surface area is 111 Å². The number of benzene rings is 1. The SMILES string of the molecule is Cc1c(C(C)C)ccc(NS(C)(=O)=O)c1C(C)C. The predicted molar refractivity (Wildman–Crippen MR) is 77.8 cm³/mol. The summed E-state index contributed by atoms with van der Waals surface area (Å²) in [5.74, 6) is 0.725. The topological polar surface area (TPSA) is 46.2 Å². The third kappa shape index (κ3) is 3.48. The molecule has 18 heavy (non-hydrogen) atoms. The Balaban J connectivity index is 3.41. The zero-order valence-electron chi connectivity index (χ0n) is 12.0. The minimum Gasteiger partial charge on any atom is -0.283 e. The summed E-state index contributed by atoms with van der Waals surface area (Å²) in [5.41, 5.74) is 4.26. The number of sulfonamides is 1. The first-order valence-electron chi connectivity index (χ1n) is 6.24. The lowest BCUT2D eigenvalue weighted by Crippen LogP contribution is -2.13. The first kappa shape index (κ1) is 15.0. The van der Waals surface area contributed by atoms with Gasteiger partial charge in [0.1, 0.15) is 0 Å². The van der Waals surface area contributed by atoms with Gasteiger partial charge in [-0.1, -0.05) is 33.8 Å². The van der Waals surface area contributed by atoms with Crippen molar-refractivity contribution in [3.63, 3.8) is 0 Å². The molecule has 0 heterocycles. The van der Waals surface area contributed by atoms with Crippen LogP contribution in [0.25, 0.3) is 0 Å². The quantitative estimate of drug-likeness (QED) is 0.907. The molecule has 1 aromatic rings. The third-order valence-electron chi connectivity index (χ3n) is 3.05. The van der Waals surface area contributed by atoms with Crippen molar-refractivity contribution < 1.29 is 8.42 Å². The fourth-order valence-corrected chi connectivity index (χ4v) is 2.98. The molecule has 0 saturated carbocycles. The first-order chi connectivity index (χ1) is 8.13. The van der Waals surface area contributed by atoms with Gasteiger partial charge in [0, 0.05) is 0 Å². The molecule has 0 bridgehead atoms. The highest BCUT2D eigenvalue weighted by Gasteiger charge is 2.16. The number of hydrogen-bond donors (Lipinski definition) is 1. The van der Waals surface area contributed by atoms with Gasteiger partial charge in [0.25, 0.3) is 0 Å². The highest BCUT2D eigenvalue weighted by molar-refractivity contribution is 7.92. The van der Waals surface area contributed by atoms with Crippen LogP contribution in [0.4, 0.5) is 5.69 Å². The van der Waals surface area contributed by atoms with E-state index >= 15 is 0 Å². The summed E-state index contributed by atoms with van der Waals surface area (Å²) in [6, 6.07) is 3.89. The molecule has 0 aliphatic rings. The second-order valence-corrected chi connectivity index (χ2v) is 7.17. The Hall–Kier alpha value is -1.03. The lowest BCUT2D eigenvalue weighted by molar-refractivity contribution is 0.606. The van der Waals surface area contributed by atoms with Gasteiger partial charge >= 0.3 is 0 Å². The number of hydrogen-bond acceptors (Lipinski definition) is 2. The Morgan fingerprint density at radius 1 is 1.06 bits per heavy atom. The molecule has 4 heteroatoms. The van der Waals surface area contributed by atoms with E-state index < -0.39 is 10.0 Å². The highest BCUT2D eigenvalue weighted by Crippen LogP contribution is 2.33. The second kappa shape index (κ2) is 5.31. The van der Waals surface area contributed by atoms with E-state index in [0.29, 0.717) is 11.6 Å². The Kier molecular flexibility index (Phi) is 4.43. The largest absolute Gasteiger partial charge is 0.283 e. The van der Waals surface area contributed by atoms with Gasteiger partial charge in [0.15, 0.2) is 0 Å². The van der Waals surface area contributed by atoms with Gasteiger partial charge < -0.3 is 0 Å². The maximum Gasteiger partial charge on any atom is 0.229 e. The fourth-order valence-electron chi connectivity index (χ4n) is 2.40. The maximum atomic E-state index is 11.4. The average Bonchev–Trinajstić information content (AvgIpc) is 2.13. The zero-order valence-corrected chi connectivity index (χ0v) is 12.9. The van der Waals surface area contributed by atoms with Crippen LogP contribution in [0.1, 0.15) is 56.2 Å². The minimum atomic E-state index is -3.23. The molecule has 0 atom stereocenters. The fraction of sp³-hybridized carbons (Fsp3) is 0.571. The van der Waals surface area contributed by atoms with E-state index in [1.807, 2.05) is 12.1 Å². The van der Waals surface area contributed by atoms with Crippen LogP contribution in [0.2, 0.25) is 0 Å². The molecule has 0 spiro atoms. The van der Waals surface area contributed by atoms with Crippen LogP contribution in [-0.2, 0) is 10.0 Å². The van der Waals surface area contributed by atoms with Gasteiger partial charge in [-0.2, -0.15) is 0 Å². The number of anilines is 1. The van der Waals surface area contributed by atoms with E-state index in [0.717, 1.165) is 5.56 Å². The molecule has 0 amide bonds. The van der Waals surface area contributed by atoms with Crippen LogP contribution < -0.4 is 4.72 Å². The summed E-state index contributed by atoms with van der Waals surface area (Å²) in [4.78, 5) is 0. The molecule has 1 aromatic carbocycles. The molecular weight excluding hydrogens is 246 g/mol. The van der Waals surface area contributed by atoms with Crippen molar-refractivity contribution in [2.24, 2.45) is 0 Å². The van der Waals surface area contributed by atoms with Crippen molar-refractivity contribution in [1.82, 2.24) is 0 Å². The molecule has 3 nitrogen and oxygen atoms in total. The van der Waals surface area contributed by atoms with Crippen LogP contribution >= 0.6 is 0 Å². The van der Waals surface area contributed by atoms with Crippen molar-refractivity contribution in [3.8, 4) is 0 Å². The van der Waals surface area contributed by atoms with Gasteiger partial charge in [0.2, 0.25) is 10.0 Å². The first-order valence-corrected chi connectivity index (χ1v) is 8.13. The van der Waals surface area contributed by atoms with Crippen molar-refractivity contribution >= 4 is 15.7 Å². The van der Waals surface area contributed by atoms with Crippen LogP contribution in [-0.4, -0.2) is 14.7 Å². The van der Waals surface area contributed by atoms with Gasteiger partial charge in [-0.3, -0.25) is 4.72 Å². The van der Waals surface area contributed by atoms with Crippen molar-refractivity contribution in [2.75, 3.05) is 11.0 Å². The van der Waals surface area contributed by atoms with Crippen molar-refractivity contribution in [2.45, 2.75) is 46.5 Å². The van der Waals surface area contributed by atoms with Gasteiger partial charge in [-0.25, -0.2) is 8.42 Å². The summed E-state index contributed by atoms with van der Waals surface area (Å²) in [5, 5.41) is 0. The lowest BCUT2D eigenvalue weighted by Gasteiger charge is -2.21. The van der Waals surface area contributed by atoms with Crippen LogP contribution in [0.5, 0.6) is 0 Å². The third-order valence-corrected chi connectivity index (χ3v) is 3.64. The molecule has 0 aliphatic carbocycles. The van der Waals surface area contributed by atoms with E-state index in [9.17, 15) is 8.42 Å². The molecule has 0 aromatic heterocycles. The lowest BCUT2D eigenvalue weighted by atomic mass is 9.88. The molecule has 0 unspecified atom stereocenters. The Morgan fingerprint density at radius 3 is 2.00 bits per heavy atom. The Morgan fingerprint density at radius 2 is 1.61 bits per heavy atom.